The quantitative estimate of drug-likeness (QED) is 0.500. The third-order valence-corrected chi connectivity index (χ3v) is 3.36. The lowest BCUT2D eigenvalue weighted by molar-refractivity contribution is 0.408. The number of hydrogen-bond acceptors (Lipinski definition) is 3. The predicted octanol–water partition coefficient (Wildman–Crippen LogP) is 3.42. The highest BCUT2D eigenvalue weighted by atomic mass is 127. The molecule has 0 fully saturated rings. The zero-order chi connectivity index (χ0) is 13.5. The molecule has 0 aliphatic carbocycles. The van der Waals surface area contributed by atoms with E-state index in [1.54, 1.807) is 7.11 Å². The maximum atomic E-state index is 5.28. The molecule has 2 aromatic rings. The average molecular weight is 366 g/mol. The van der Waals surface area contributed by atoms with Crippen molar-refractivity contribution in [2.75, 3.05) is 7.11 Å². The molecule has 0 spiro atoms. The normalized spacial score (nSPS) is 10.6. The van der Waals surface area contributed by atoms with Crippen LogP contribution < -0.4 is 10.2 Å². The molecule has 19 heavy (non-hydrogen) atoms. The Balaban J connectivity index is 1.91. The number of ether oxygens (including phenoxy) is 1. The Hall–Kier alpha value is -1.56. The number of rotatable bonds is 5. The predicted molar refractivity (Wildman–Crippen MR) is 86.6 cm³/mol. The molecule has 0 unspecified atom stereocenters. The molecule has 0 aromatic heterocycles. The van der Waals surface area contributed by atoms with Crippen molar-refractivity contribution in [1.29, 1.82) is 0 Å². The fraction of sp³-hybridized carbons (Fsp3) is 0.133. The lowest BCUT2D eigenvalue weighted by Crippen LogP contribution is -2.06. The molecule has 1 N–H and O–H groups in total. The topological polar surface area (TPSA) is 33.6 Å². The van der Waals surface area contributed by atoms with E-state index in [0.29, 0.717) is 6.54 Å². The summed E-state index contributed by atoms with van der Waals surface area (Å²) < 4.78 is 6.50. The Labute approximate surface area is 126 Å². The van der Waals surface area contributed by atoms with Crippen molar-refractivity contribution in [3.05, 3.63) is 63.2 Å². The SMILES string of the molecule is COc1ccccc1CN/N=C/c1ccc(I)cc1. The van der Waals surface area contributed by atoms with Gasteiger partial charge in [0.25, 0.3) is 0 Å². The summed E-state index contributed by atoms with van der Waals surface area (Å²) in [6.45, 7) is 0.644. The van der Waals surface area contributed by atoms with Crippen molar-refractivity contribution in [2.24, 2.45) is 5.10 Å². The van der Waals surface area contributed by atoms with Crippen molar-refractivity contribution >= 4 is 28.8 Å². The smallest absolute Gasteiger partial charge is 0.123 e. The summed E-state index contributed by atoms with van der Waals surface area (Å²) in [6.07, 6.45) is 1.81. The second-order valence-corrected chi connectivity index (χ2v) is 5.20. The number of halogens is 1. The standard InChI is InChI=1S/C15H15IN2O/c1-19-15-5-3-2-4-13(15)11-18-17-10-12-6-8-14(16)9-7-12/h2-10,18H,11H2,1H3/b17-10+. The lowest BCUT2D eigenvalue weighted by Gasteiger charge is -2.07. The van der Waals surface area contributed by atoms with E-state index in [1.807, 2.05) is 42.6 Å². The van der Waals surface area contributed by atoms with Crippen LogP contribution in [0.4, 0.5) is 0 Å². The molecule has 3 nitrogen and oxygen atoms in total. The van der Waals surface area contributed by atoms with Crippen LogP contribution in [0.2, 0.25) is 0 Å². The molecule has 0 radical (unpaired) electrons. The Morgan fingerprint density at radius 3 is 2.63 bits per heavy atom. The second-order valence-electron chi connectivity index (χ2n) is 3.96. The summed E-state index contributed by atoms with van der Waals surface area (Å²) in [5.74, 6) is 0.875. The van der Waals surface area contributed by atoms with Gasteiger partial charge < -0.3 is 10.2 Å². The minimum atomic E-state index is 0.644. The first-order valence-electron chi connectivity index (χ1n) is 5.93. The molecule has 0 saturated heterocycles. The van der Waals surface area contributed by atoms with Crippen LogP contribution in [-0.2, 0) is 6.54 Å². The highest BCUT2D eigenvalue weighted by molar-refractivity contribution is 14.1. The maximum Gasteiger partial charge on any atom is 0.123 e. The van der Waals surface area contributed by atoms with Gasteiger partial charge in [-0.15, -0.1) is 0 Å². The largest absolute Gasteiger partial charge is 0.496 e. The van der Waals surface area contributed by atoms with E-state index in [4.69, 9.17) is 4.74 Å². The molecular weight excluding hydrogens is 351 g/mol. The van der Waals surface area contributed by atoms with Crippen LogP contribution in [0.25, 0.3) is 0 Å². The van der Waals surface area contributed by atoms with Crippen molar-refractivity contribution in [1.82, 2.24) is 5.43 Å². The maximum absolute atomic E-state index is 5.28. The first-order valence-corrected chi connectivity index (χ1v) is 7.01. The Bertz CT molecular complexity index is 552. The summed E-state index contributed by atoms with van der Waals surface area (Å²) in [4.78, 5) is 0. The van der Waals surface area contributed by atoms with Gasteiger partial charge in [0.2, 0.25) is 0 Å². The van der Waals surface area contributed by atoms with Gasteiger partial charge in [-0.2, -0.15) is 5.10 Å². The van der Waals surface area contributed by atoms with Gasteiger partial charge in [0.15, 0.2) is 0 Å². The fourth-order valence-corrected chi connectivity index (χ4v) is 2.01. The molecule has 0 heterocycles. The minimum absolute atomic E-state index is 0.644. The third-order valence-electron chi connectivity index (χ3n) is 2.64. The zero-order valence-electron chi connectivity index (χ0n) is 10.6. The van der Waals surface area contributed by atoms with Crippen molar-refractivity contribution in [2.45, 2.75) is 6.54 Å². The molecule has 0 bridgehead atoms. The van der Waals surface area contributed by atoms with Gasteiger partial charge in [-0.3, -0.25) is 0 Å². The van der Waals surface area contributed by atoms with Gasteiger partial charge in [-0.05, 0) is 46.4 Å². The highest BCUT2D eigenvalue weighted by Crippen LogP contribution is 2.16. The summed E-state index contributed by atoms with van der Waals surface area (Å²) in [6, 6.07) is 16.1. The van der Waals surface area contributed by atoms with Crippen LogP contribution in [0, 0.1) is 3.57 Å². The number of nitrogens with zero attached hydrogens (tertiary/aromatic N) is 1. The van der Waals surface area contributed by atoms with Crippen molar-refractivity contribution in [3.63, 3.8) is 0 Å². The Morgan fingerprint density at radius 1 is 1.16 bits per heavy atom. The van der Waals surface area contributed by atoms with Gasteiger partial charge in [0.05, 0.1) is 19.9 Å². The average Bonchev–Trinajstić information content (AvgIpc) is 2.46. The first-order chi connectivity index (χ1) is 9.29. The van der Waals surface area contributed by atoms with E-state index >= 15 is 0 Å². The Morgan fingerprint density at radius 2 is 1.89 bits per heavy atom. The summed E-state index contributed by atoms with van der Waals surface area (Å²) >= 11 is 2.28. The van der Waals surface area contributed by atoms with E-state index < -0.39 is 0 Å². The van der Waals surface area contributed by atoms with Gasteiger partial charge in [-0.1, -0.05) is 30.3 Å². The van der Waals surface area contributed by atoms with Crippen LogP contribution >= 0.6 is 22.6 Å². The monoisotopic (exact) mass is 366 g/mol. The molecule has 98 valence electrons. The molecule has 2 aromatic carbocycles. The number of methoxy groups -OCH3 is 1. The molecule has 0 amide bonds. The van der Waals surface area contributed by atoms with E-state index in [2.05, 4.69) is 45.3 Å². The van der Waals surface area contributed by atoms with Crippen LogP contribution in [0.1, 0.15) is 11.1 Å². The molecule has 2 rings (SSSR count). The van der Waals surface area contributed by atoms with Crippen molar-refractivity contribution < 1.29 is 4.74 Å². The van der Waals surface area contributed by atoms with Gasteiger partial charge in [0.1, 0.15) is 5.75 Å². The number of para-hydroxylation sites is 1. The van der Waals surface area contributed by atoms with E-state index in [1.165, 1.54) is 3.57 Å². The molecule has 4 heteroatoms. The van der Waals surface area contributed by atoms with Crippen LogP contribution in [0.3, 0.4) is 0 Å². The number of hydrogen-bond donors (Lipinski definition) is 1. The van der Waals surface area contributed by atoms with Gasteiger partial charge in [0, 0.05) is 9.13 Å². The second kappa shape index (κ2) is 7.13. The fourth-order valence-electron chi connectivity index (χ4n) is 1.65. The molecule has 0 saturated carbocycles. The molecule has 0 atom stereocenters. The zero-order valence-corrected chi connectivity index (χ0v) is 12.8. The molecule has 0 aliphatic heterocycles. The van der Waals surface area contributed by atoms with E-state index in [9.17, 15) is 0 Å². The van der Waals surface area contributed by atoms with E-state index in [0.717, 1.165) is 16.9 Å². The van der Waals surface area contributed by atoms with Gasteiger partial charge in [-0.25, -0.2) is 0 Å². The minimum Gasteiger partial charge on any atom is -0.496 e. The summed E-state index contributed by atoms with van der Waals surface area (Å²) in [5.41, 5.74) is 5.19. The summed E-state index contributed by atoms with van der Waals surface area (Å²) in [5, 5.41) is 4.21. The van der Waals surface area contributed by atoms with Crippen LogP contribution in [0.15, 0.2) is 53.6 Å². The van der Waals surface area contributed by atoms with Crippen LogP contribution in [-0.4, -0.2) is 13.3 Å². The van der Waals surface area contributed by atoms with Crippen molar-refractivity contribution in [3.8, 4) is 5.75 Å². The van der Waals surface area contributed by atoms with Gasteiger partial charge >= 0.3 is 0 Å². The third kappa shape index (κ3) is 4.24. The summed E-state index contributed by atoms with van der Waals surface area (Å²) in [7, 11) is 1.67. The molecule has 0 aliphatic rings. The number of hydrazone groups is 1. The highest BCUT2D eigenvalue weighted by Gasteiger charge is 1.99. The lowest BCUT2D eigenvalue weighted by atomic mass is 10.2. The molecular formula is C15H15IN2O. The van der Waals surface area contributed by atoms with Crippen LogP contribution in [0.5, 0.6) is 5.75 Å². The van der Waals surface area contributed by atoms with E-state index in [-0.39, 0.29) is 0 Å². The number of nitrogens with one attached hydrogen (secondary N) is 1. The number of benzene rings is 2. The first kappa shape index (κ1) is 13.9. The Kier molecular flexibility index (Phi) is 5.20.